The van der Waals surface area contributed by atoms with Gasteiger partial charge in [-0.1, -0.05) is 30.3 Å². The summed E-state index contributed by atoms with van der Waals surface area (Å²) in [5, 5.41) is 6.46. The molecule has 1 aliphatic carbocycles. The standard InChI is InChI=1S/C24H24N4O2S/c29-22(17-6-7-17)25-19-10-8-18(9-11-19)23(30)27-24-26-20-12-13-28(15-21(20)31-24)14-16-4-2-1-3-5-16/h1-5,8-11,17H,6-7,12-15H2,(H,25,29)(H,26,27,30). The van der Waals surface area contributed by atoms with Crippen LogP contribution in [0.4, 0.5) is 10.8 Å². The summed E-state index contributed by atoms with van der Waals surface area (Å²) in [7, 11) is 0. The molecule has 0 unspecified atom stereocenters. The number of benzene rings is 2. The summed E-state index contributed by atoms with van der Waals surface area (Å²) in [6.07, 6.45) is 2.83. The van der Waals surface area contributed by atoms with Crippen LogP contribution in [0, 0.1) is 5.92 Å². The Kier molecular flexibility index (Phi) is 5.53. The van der Waals surface area contributed by atoms with E-state index in [-0.39, 0.29) is 17.7 Å². The van der Waals surface area contributed by atoms with Crippen LogP contribution in [0.1, 0.15) is 39.3 Å². The predicted molar refractivity (Wildman–Crippen MR) is 122 cm³/mol. The highest BCUT2D eigenvalue weighted by atomic mass is 32.1. The van der Waals surface area contributed by atoms with Gasteiger partial charge in [-0.05, 0) is 42.7 Å². The fourth-order valence-corrected chi connectivity index (χ4v) is 4.79. The van der Waals surface area contributed by atoms with Crippen molar-refractivity contribution in [1.29, 1.82) is 0 Å². The summed E-state index contributed by atoms with van der Waals surface area (Å²) in [4.78, 5) is 32.8. The van der Waals surface area contributed by atoms with Gasteiger partial charge in [-0.2, -0.15) is 0 Å². The summed E-state index contributed by atoms with van der Waals surface area (Å²) in [6, 6.07) is 17.5. The average molecular weight is 433 g/mol. The van der Waals surface area contributed by atoms with Gasteiger partial charge in [0.05, 0.1) is 5.69 Å². The number of hydrogen-bond donors (Lipinski definition) is 2. The highest BCUT2D eigenvalue weighted by molar-refractivity contribution is 7.15. The van der Waals surface area contributed by atoms with Gasteiger partial charge in [0.2, 0.25) is 5.91 Å². The van der Waals surface area contributed by atoms with E-state index in [0.29, 0.717) is 10.7 Å². The largest absolute Gasteiger partial charge is 0.326 e. The Morgan fingerprint density at radius 2 is 1.81 bits per heavy atom. The molecular formula is C24H24N4O2S. The summed E-state index contributed by atoms with van der Waals surface area (Å²) in [5.41, 5.74) is 3.66. The molecule has 0 spiro atoms. The van der Waals surface area contributed by atoms with Crippen LogP contribution < -0.4 is 10.6 Å². The molecule has 31 heavy (non-hydrogen) atoms. The number of aromatic nitrogens is 1. The normalized spacial score (nSPS) is 15.9. The number of carbonyl (C=O) groups is 2. The van der Waals surface area contributed by atoms with Gasteiger partial charge in [-0.15, -0.1) is 11.3 Å². The molecule has 2 aromatic carbocycles. The lowest BCUT2D eigenvalue weighted by molar-refractivity contribution is -0.117. The first-order chi connectivity index (χ1) is 15.1. The number of anilines is 2. The minimum Gasteiger partial charge on any atom is -0.326 e. The predicted octanol–water partition coefficient (Wildman–Crippen LogP) is 4.30. The molecule has 158 valence electrons. The zero-order chi connectivity index (χ0) is 21.2. The van der Waals surface area contributed by atoms with Gasteiger partial charge in [-0.3, -0.25) is 19.8 Å². The monoisotopic (exact) mass is 432 g/mol. The van der Waals surface area contributed by atoms with E-state index in [1.165, 1.54) is 10.4 Å². The van der Waals surface area contributed by atoms with E-state index in [9.17, 15) is 9.59 Å². The molecule has 2 N–H and O–H groups in total. The van der Waals surface area contributed by atoms with Gasteiger partial charge in [0.25, 0.3) is 5.91 Å². The van der Waals surface area contributed by atoms with Crippen LogP contribution in [0.2, 0.25) is 0 Å². The quantitative estimate of drug-likeness (QED) is 0.609. The molecule has 0 radical (unpaired) electrons. The summed E-state index contributed by atoms with van der Waals surface area (Å²) < 4.78 is 0. The van der Waals surface area contributed by atoms with Crippen molar-refractivity contribution < 1.29 is 9.59 Å². The number of rotatable bonds is 6. The third-order valence-corrected chi connectivity index (χ3v) is 6.64. The third kappa shape index (κ3) is 4.84. The fourth-order valence-electron chi connectivity index (χ4n) is 3.74. The second-order valence-corrected chi connectivity index (χ2v) is 9.21. The minimum absolute atomic E-state index is 0.0619. The Balaban J connectivity index is 1.19. The summed E-state index contributed by atoms with van der Waals surface area (Å²) in [5.74, 6) is 0.0294. The van der Waals surface area contributed by atoms with Crippen molar-refractivity contribution in [2.24, 2.45) is 5.92 Å². The van der Waals surface area contributed by atoms with Crippen LogP contribution in [0.5, 0.6) is 0 Å². The molecule has 0 atom stereocenters. The van der Waals surface area contributed by atoms with Gasteiger partial charge in [0, 0.05) is 48.1 Å². The number of fused-ring (bicyclic) bond motifs is 1. The van der Waals surface area contributed by atoms with E-state index < -0.39 is 0 Å². The summed E-state index contributed by atoms with van der Waals surface area (Å²) >= 11 is 1.55. The molecule has 2 heterocycles. The maximum Gasteiger partial charge on any atom is 0.257 e. The van der Waals surface area contributed by atoms with Crippen LogP contribution >= 0.6 is 11.3 Å². The third-order valence-electron chi connectivity index (χ3n) is 5.64. The number of amides is 2. The number of carbonyl (C=O) groups excluding carboxylic acids is 2. The molecular weight excluding hydrogens is 408 g/mol. The van der Waals surface area contributed by atoms with E-state index >= 15 is 0 Å². The molecule has 5 rings (SSSR count). The smallest absolute Gasteiger partial charge is 0.257 e. The maximum absolute atomic E-state index is 12.6. The SMILES string of the molecule is O=C(Nc1nc2c(s1)CN(Cc1ccccc1)CC2)c1ccc(NC(=O)C2CC2)cc1. The molecule has 1 aromatic heterocycles. The van der Waals surface area contributed by atoms with Crippen molar-refractivity contribution in [3.05, 3.63) is 76.3 Å². The molecule has 0 saturated heterocycles. The number of hydrogen-bond acceptors (Lipinski definition) is 5. The van der Waals surface area contributed by atoms with Crippen molar-refractivity contribution >= 4 is 34.0 Å². The molecule has 7 heteroatoms. The Morgan fingerprint density at radius 3 is 2.55 bits per heavy atom. The lowest BCUT2D eigenvalue weighted by Crippen LogP contribution is -2.29. The first-order valence-corrected chi connectivity index (χ1v) is 11.4. The van der Waals surface area contributed by atoms with Gasteiger partial charge < -0.3 is 5.32 Å². The van der Waals surface area contributed by atoms with Crippen molar-refractivity contribution in [2.75, 3.05) is 17.2 Å². The Labute approximate surface area is 185 Å². The summed E-state index contributed by atoms with van der Waals surface area (Å²) in [6.45, 7) is 2.74. The van der Waals surface area contributed by atoms with Gasteiger partial charge in [0.1, 0.15) is 0 Å². The first-order valence-electron chi connectivity index (χ1n) is 10.6. The lowest BCUT2D eigenvalue weighted by atomic mass is 10.1. The van der Waals surface area contributed by atoms with Crippen molar-refractivity contribution in [3.8, 4) is 0 Å². The van der Waals surface area contributed by atoms with E-state index in [4.69, 9.17) is 0 Å². The highest BCUT2D eigenvalue weighted by Crippen LogP contribution is 2.31. The maximum atomic E-state index is 12.6. The van der Waals surface area contributed by atoms with Gasteiger partial charge in [-0.25, -0.2) is 4.98 Å². The van der Waals surface area contributed by atoms with Gasteiger partial charge in [0.15, 0.2) is 5.13 Å². The Bertz CT molecular complexity index is 1090. The van der Waals surface area contributed by atoms with Crippen LogP contribution in [-0.4, -0.2) is 28.2 Å². The number of nitrogens with one attached hydrogen (secondary N) is 2. The molecule has 2 amide bonds. The van der Waals surface area contributed by atoms with E-state index in [2.05, 4.69) is 44.8 Å². The Hall–Kier alpha value is -3.03. The first kappa shape index (κ1) is 19.9. The second kappa shape index (κ2) is 8.61. The van der Waals surface area contributed by atoms with E-state index in [1.54, 1.807) is 35.6 Å². The van der Waals surface area contributed by atoms with Crippen molar-refractivity contribution in [1.82, 2.24) is 9.88 Å². The van der Waals surface area contributed by atoms with Crippen molar-refractivity contribution in [3.63, 3.8) is 0 Å². The molecule has 6 nitrogen and oxygen atoms in total. The zero-order valence-electron chi connectivity index (χ0n) is 17.1. The topological polar surface area (TPSA) is 74.3 Å². The molecule has 2 aliphatic rings. The minimum atomic E-state index is -0.188. The number of nitrogens with zero attached hydrogens (tertiary/aromatic N) is 2. The highest BCUT2D eigenvalue weighted by Gasteiger charge is 2.29. The van der Waals surface area contributed by atoms with Crippen LogP contribution in [0.25, 0.3) is 0 Å². The zero-order valence-corrected chi connectivity index (χ0v) is 18.0. The fraction of sp³-hybridized carbons (Fsp3) is 0.292. The van der Waals surface area contributed by atoms with Crippen LogP contribution in [0.3, 0.4) is 0 Å². The van der Waals surface area contributed by atoms with E-state index in [1.807, 2.05) is 6.07 Å². The molecule has 1 aliphatic heterocycles. The number of thiazole rings is 1. The second-order valence-electron chi connectivity index (χ2n) is 8.13. The molecule has 1 fully saturated rings. The lowest BCUT2D eigenvalue weighted by Gasteiger charge is -2.25. The van der Waals surface area contributed by atoms with Crippen LogP contribution in [-0.2, 0) is 24.3 Å². The Morgan fingerprint density at radius 1 is 1.03 bits per heavy atom. The molecule has 3 aromatic rings. The van der Waals surface area contributed by atoms with Crippen LogP contribution in [0.15, 0.2) is 54.6 Å². The van der Waals surface area contributed by atoms with E-state index in [0.717, 1.165) is 50.3 Å². The van der Waals surface area contributed by atoms with Gasteiger partial charge >= 0.3 is 0 Å². The molecule has 1 saturated carbocycles. The average Bonchev–Trinajstić information content (AvgIpc) is 3.56. The molecule has 0 bridgehead atoms. The van der Waals surface area contributed by atoms with Crippen molar-refractivity contribution in [2.45, 2.75) is 32.4 Å².